The summed E-state index contributed by atoms with van der Waals surface area (Å²) >= 11 is 0. The number of benzene rings is 3. The molecule has 0 saturated carbocycles. The molecule has 0 atom stereocenters. The van der Waals surface area contributed by atoms with Gasteiger partial charge in [0.25, 0.3) is 0 Å². The summed E-state index contributed by atoms with van der Waals surface area (Å²) in [6.07, 6.45) is 1.33. The van der Waals surface area contributed by atoms with Gasteiger partial charge < -0.3 is 14.7 Å². The van der Waals surface area contributed by atoms with Gasteiger partial charge in [0.2, 0.25) is 0 Å². The fraction of sp³-hybridized carbons (Fsp3) is 0.105. The van der Waals surface area contributed by atoms with Crippen molar-refractivity contribution < 1.29 is 14.7 Å². The van der Waals surface area contributed by atoms with Crippen molar-refractivity contribution in [2.24, 2.45) is 5.16 Å². The van der Waals surface area contributed by atoms with Gasteiger partial charge in [0.05, 0.1) is 13.3 Å². The third-order valence-electron chi connectivity index (χ3n) is 3.68. The Labute approximate surface area is 134 Å². The highest BCUT2D eigenvalue weighted by atomic mass is 16.5. The highest BCUT2D eigenvalue weighted by molar-refractivity contribution is 5.86. The van der Waals surface area contributed by atoms with E-state index in [9.17, 15) is 0 Å². The highest BCUT2D eigenvalue weighted by Gasteiger charge is 2.10. The molecule has 3 aromatic carbocycles. The number of hydrogen-bond donors (Lipinski definition) is 1. The van der Waals surface area contributed by atoms with E-state index in [0.29, 0.717) is 23.7 Å². The lowest BCUT2D eigenvalue weighted by atomic mass is 10.1. The minimum Gasteiger partial charge on any atom is -0.493 e. The van der Waals surface area contributed by atoms with Crippen LogP contribution in [0.15, 0.2) is 65.8 Å². The van der Waals surface area contributed by atoms with Gasteiger partial charge in [0.1, 0.15) is 6.61 Å². The van der Waals surface area contributed by atoms with Crippen molar-refractivity contribution in [3.05, 3.63) is 71.8 Å². The molecule has 116 valence electrons. The van der Waals surface area contributed by atoms with Crippen molar-refractivity contribution in [1.82, 2.24) is 0 Å². The fourth-order valence-corrected chi connectivity index (χ4v) is 2.58. The predicted octanol–water partition coefficient (Wildman–Crippen LogP) is 4.24. The summed E-state index contributed by atoms with van der Waals surface area (Å²) in [7, 11) is 1.58. The Morgan fingerprint density at radius 3 is 2.61 bits per heavy atom. The van der Waals surface area contributed by atoms with Crippen LogP contribution in [-0.4, -0.2) is 18.5 Å². The van der Waals surface area contributed by atoms with Crippen LogP contribution in [-0.2, 0) is 6.61 Å². The van der Waals surface area contributed by atoms with Crippen LogP contribution >= 0.6 is 0 Å². The normalized spacial score (nSPS) is 11.0. The minimum atomic E-state index is 0.397. The predicted molar refractivity (Wildman–Crippen MR) is 90.7 cm³/mol. The van der Waals surface area contributed by atoms with E-state index in [-0.39, 0.29) is 0 Å². The van der Waals surface area contributed by atoms with Crippen molar-refractivity contribution in [3.63, 3.8) is 0 Å². The van der Waals surface area contributed by atoms with E-state index in [1.165, 1.54) is 11.6 Å². The van der Waals surface area contributed by atoms with Gasteiger partial charge in [-0.15, -0.1) is 0 Å². The number of para-hydroxylation sites is 1. The standard InChI is InChI=1S/C19H17NO3/c1-22-18-11-5-8-15(12-20-21)19(18)23-13-16-9-4-7-14-6-2-3-10-17(14)16/h2-12,21H,13H2,1H3/b20-12+. The van der Waals surface area contributed by atoms with Gasteiger partial charge in [-0.25, -0.2) is 0 Å². The van der Waals surface area contributed by atoms with Gasteiger partial charge in [0, 0.05) is 5.56 Å². The van der Waals surface area contributed by atoms with Crippen LogP contribution < -0.4 is 9.47 Å². The number of fused-ring (bicyclic) bond motifs is 1. The first-order chi connectivity index (χ1) is 11.3. The first-order valence-corrected chi connectivity index (χ1v) is 7.27. The summed E-state index contributed by atoms with van der Waals surface area (Å²) in [4.78, 5) is 0. The molecule has 0 fully saturated rings. The first kappa shape index (κ1) is 14.9. The topological polar surface area (TPSA) is 51.0 Å². The third kappa shape index (κ3) is 3.11. The lowest BCUT2D eigenvalue weighted by Crippen LogP contribution is -2.01. The highest BCUT2D eigenvalue weighted by Crippen LogP contribution is 2.31. The maximum absolute atomic E-state index is 8.81. The molecular formula is C19H17NO3. The Balaban J connectivity index is 1.94. The largest absolute Gasteiger partial charge is 0.493 e. The zero-order chi connectivity index (χ0) is 16.1. The molecule has 0 amide bonds. The first-order valence-electron chi connectivity index (χ1n) is 7.27. The van der Waals surface area contributed by atoms with Gasteiger partial charge in [-0.05, 0) is 28.5 Å². The molecule has 4 nitrogen and oxygen atoms in total. The van der Waals surface area contributed by atoms with E-state index in [0.717, 1.165) is 10.9 Å². The van der Waals surface area contributed by atoms with Crippen molar-refractivity contribution in [3.8, 4) is 11.5 Å². The molecule has 0 aliphatic rings. The molecule has 4 heteroatoms. The molecule has 3 aromatic rings. The van der Waals surface area contributed by atoms with E-state index >= 15 is 0 Å². The Morgan fingerprint density at radius 2 is 1.78 bits per heavy atom. The maximum atomic E-state index is 8.81. The van der Waals surface area contributed by atoms with Crippen LogP contribution in [0.25, 0.3) is 10.8 Å². The van der Waals surface area contributed by atoms with Crippen LogP contribution in [0.4, 0.5) is 0 Å². The second kappa shape index (κ2) is 6.83. The van der Waals surface area contributed by atoms with E-state index in [4.69, 9.17) is 14.7 Å². The van der Waals surface area contributed by atoms with Crippen LogP contribution in [0.3, 0.4) is 0 Å². The molecule has 0 saturated heterocycles. The van der Waals surface area contributed by atoms with Gasteiger partial charge in [-0.3, -0.25) is 0 Å². The van der Waals surface area contributed by atoms with E-state index < -0.39 is 0 Å². The Hall–Kier alpha value is -3.01. The SMILES string of the molecule is COc1cccc(/C=N/O)c1OCc1cccc2ccccc12. The summed E-state index contributed by atoms with van der Waals surface area (Å²) in [6.45, 7) is 0.397. The van der Waals surface area contributed by atoms with Gasteiger partial charge in [-0.1, -0.05) is 53.7 Å². The smallest absolute Gasteiger partial charge is 0.170 e. The quantitative estimate of drug-likeness (QED) is 0.436. The molecular weight excluding hydrogens is 290 g/mol. The lowest BCUT2D eigenvalue weighted by molar-refractivity contribution is 0.284. The van der Waals surface area contributed by atoms with Crippen molar-refractivity contribution in [2.45, 2.75) is 6.61 Å². The summed E-state index contributed by atoms with van der Waals surface area (Å²) < 4.78 is 11.3. The molecule has 0 aliphatic heterocycles. The summed E-state index contributed by atoms with van der Waals surface area (Å²) in [5.74, 6) is 1.16. The summed E-state index contributed by atoms with van der Waals surface area (Å²) in [5, 5.41) is 14.2. The van der Waals surface area contributed by atoms with Crippen LogP contribution in [0.2, 0.25) is 0 Å². The fourth-order valence-electron chi connectivity index (χ4n) is 2.58. The molecule has 0 heterocycles. The molecule has 0 aliphatic carbocycles. The Kier molecular flexibility index (Phi) is 4.43. The molecule has 0 unspecified atom stereocenters. The minimum absolute atomic E-state index is 0.397. The summed E-state index contributed by atoms with van der Waals surface area (Å²) in [6, 6.07) is 19.7. The van der Waals surface area contributed by atoms with Crippen LogP contribution in [0, 0.1) is 0 Å². The Morgan fingerprint density at radius 1 is 1.00 bits per heavy atom. The lowest BCUT2D eigenvalue weighted by Gasteiger charge is -2.14. The number of methoxy groups -OCH3 is 1. The van der Waals surface area contributed by atoms with Gasteiger partial charge in [0.15, 0.2) is 11.5 Å². The maximum Gasteiger partial charge on any atom is 0.170 e. The van der Waals surface area contributed by atoms with Gasteiger partial charge >= 0.3 is 0 Å². The van der Waals surface area contributed by atoms with Gasteiger partial charge in [-0.2, -0.15) is 0 Å². The molecule has 0 bridgehead atoms. The molecule has 1 N–H and O–H groups in total. The van der Waals surface area contributed by atoms with E-state index in [2.05, 4.69) is 23.4 Å². The van der Waals surface area contributed by atoms with Crippen molar-refractivity contribution >= 4 is 17.0 Å². The number of oxime groups is 1. The molecule has 23 heavy (non-hydrogen) atoms. The number of hydrogen-bond acceptors (Lipinski definition) is 4. The number of ether oxygens (including phenoxy) is 2. The molecule has 3 rings (SSSR count). The summed E-state index contributed by atoms with van der Waals surface area (Å²) in [5.41, 5.74) is 1.74. The second-order valence-corrected chi connectivity index (χ2v) is 5.05. The second-order valence-electron chi connectivity index (χ2n) is 5.05. The van der Waals surface area contributed by atoms with E-state index in [1.54, 1.807) is 13.2 Å². The van der Waals surface area contributed by atoms with Crippen molar-refractivity contribution in [1.29, 1.82) is 0 Å². The molecule has 0 radical (unpaired) electrons. The molecule has 0 spiro atoms. The van der Waals surface area contributed by atoms with Crippen molar-refractivity contribution in [2.75, 3.05) is 7.11 Å². The average Bonchev–Trinajstić information content (AvgIpc) is 2.60. The van der Waals surface area contributed by atoms with E-state index in [1.807, 2.05) is 36.4 Å². The van der Waals surface area contributed by atoms with Crippen LogP contribution in [0.5, 0.6) is 11.5 Å². The third-order valence-corrected chi connectivity index (χ3v) is 3.68. The zero-order valence-electron chi connectivity index (χ0n) is 12.8. The Bertz CT molecular complexity index is 838. The van der Waals surface area contributed by atoms with Crippen LogP contribution in [0.1, 0.15) is 11.1 Å². The average molecular weight is 307 g/mol. The zero-order valence-corrected chi connectivity index (χ0v) is 12.8. The number of rotatable bonds is 5. The number of nitrogens with zero attached hydrogens (tertiary/aromatic N) is 1. The molecule has 0 aromatic heterocycles. The monoisotopic (exact) mass is 307 g/mol.